The van der Waals surface area contributed by atoms with Gasteiger partial charge in [0.25, 0.3) is 0 Å². The van der Waals surface area contributed by atoms with E-state index in [1.54, 1.807) is 13.1 Å². The molecule has 1 aromatic carbocycles. The Hall–Kier alpha value is -2.77. The first-order valence-corrected chi connectivity index (χ1v) is 14.0. The van der Waals surface area contributed by atoms with Gasteiger partial charge in [-0.2, -0.15) is 0 Å². The molecule has 0 amide bonds. The molecule has 4 rings (SSSR count). The van der Waals surface area contributed by atoms with E-state index in [2.05, 4.69) is 39.7 Å². The highest BCUT2D eigenvalue weighted by Gasteiger charge is 2.17. The molecular formula is C23H28N4O2Si. The maximum Gasteiger partial charge on any atom is 0.159 e. The normalized spacial score (nSPS) is 12.2. The molecule has 0 aliphatic rings. The van der Waals surface area contributed by atoms with Gasteiger partial charge in [0, 0.05) is 32.1 Å². The summed E-state index contributed by atoms with van der Waals surface area (Å²) in [6.45, 7) is 11.9. The van der Waals surface area contributed by atoms with Crippen LogP contribution in [0, 0.1) is 6.92 Å². The summed E-state index contributed by atoms with van der Waals surface area (Å²) in [6, 6.07) is 11.0. The molecule has 0 atom stereocenters. The Bertz CT molecular complexity index is 1220. The van der Waals surface area contributed by atoms with E-state index in [-0.39, 0.29) is 5.78 Å². The average molecular weight is 421 g/mol. The van der Waals surface area contributed by atoms with Crippen molar-refractivity contribution in [3.8, 4) is 11.3 Å². The van der Waals surface area contributed by atoms with Gasteiger partial charge in [0.05, 0.1) is 17.4 Å². The third-order valence-corrected chi connectivity index (χ3v) is 7.07. The summed E-state index contributed by atoms with van der Waals surface area (Å²) in [6.07, 6.45) is 3.66. The summed E-state index contributed by atoms with van der Waals surface area (Å²) in [4.78, 5) is 20.8. The SMILES string of the molecule is CC(=O)c1ccc(-c2cc3c(ncc4ncc(C)n43)n2COCC[Si](C)(C)C)cc1. The molecule has 0 aliphatic carbocycles. The summed E-state index contributed by atoms with van der Waals surface area (Å²) in [5.41, 5.74) is 6.50. The topological polar surface area (TPSA) is 61.4 Å². The molecule has 0 unspecified atom stereocenters. The highest BCUT2D eigenvalue weighted by molar-refractivity contribution is 6.76. The van der Waals surface area contributed by atoms with Gasteiger partial charge in [-0.05, 0) is 31.5 Å². The molecule has 0 radical (unpaired) electrons. The molecule has 3 aromatic heterocycles. The van der Waals surface area contributed by atoms with Crippen LogP contribution in [-0.2, 0) is 11.5 Å². The first-order valence-electron chi connectivity index (χ1n) is 10.3. The van der Waals surface area contributed by atoms with E-state index in [0.29, 0.717) is 12.3 Å². The van der Waals surface area contributed by atoms with Crippen LogP contribution in [-0.4, -0.2) is 39.4 Å². The second-order valence-electron chi connectivity index (χ2n) is 9.00. The van der Waals surface area contributed by atoms with Crippen LogP contribution in [0.1, 0.15) is 23.0 Å². The first-order chi connectivity index (χ1) is 14.2. The largest absolute Gasteiger partial charge is 0.361 e. The lowest BCUT2D eigenvalue weighted by atomic mass is 10.1. The maximum absolute atomic E-state index is 11.7. The number of fused-ring (bicyclic) bond motifs is 3. The van der Waals surface area contributed by atoms with Crippen molar-refractivity contribution in [3.63, 3.8) is 0 Å². The van der Waals surface area contributed by atoms with Crippen molar-refractivity contribution >= 4 is 30.7 Å². The Labute approximate surface area is 177 Å². The Morgan fingerprint density at radius 2 is 1.83 bits per heavy atom. The number of carbonyl (C=O) groups excluding carboxylic acids is 1. The first kappa shape index (κ1) is 20.5. The second kappa shape index (κ2) is 7.81. The van der Waals surface area contributed by atoms with Crippen LogP contribution in [0.25, 0.3) is 28.1 Å². The van der Waals surface area contributed by atoms with Gasteiger partial charge in [-0.15, -0.1) is 0 Å². The van der Waals surface area contributed by atoms with Crippen LogP contribution >= 0.6 is 0 Å². The minimum Gasteiger partial charge on any atom is -0.361 e. The molecule has 0 aliphatic heterocycles. The van der Waals surface area contributed by atoms with Crippen LogP contribution in [0.2, 0.25) is 25.7 Å². The number of aromatic nitrogens is 4. The third kappa shape index (κ3) is 3.95. The van der Waals surface area contributed by atoms with Gasteiger partial charge >= 0.3 is 0 Å². The summed E-state index contributed by atoms with van der Waals surface area (Å²) < 4.78 is 10.3. The Morgan fingerprint density at radius 3 is 2.50 bits per heavy atom. The van der Waals surface area contributed by atoms with E-state index < -0.39 is 8.07 Å². The molecule has 4 aromatic rings. The molecule has 0 saturated heterocycles. The van der Waals surface area contributed by atoms with Crippen molar-refractivity contribution in [1.29, 1.82) is 0 Å². The lowest BCUT2D eigenvalue weighted by Gasteiger charge is -2.16. The van der Waals surface area contributed by atoms with Crippen LogP contribution < -0.4 is 0 Å². The monoisotopic (exact) mass is 420 g/mol. The summed E-state index contributed by atoms with van der Waals surface area (Å²) in [7, 11) is -1.16. The number of ether oxygens (including phenoxy) is 1. The minimum atomic E-state index is -1.16. The predicted molar refractivity (Wildman–Crippen MR) is 123 cm³/mol. The van der Waals surface area contributed by atoms with Crippen molar-refractivity contribution in [2.24, 2.45) is 0 Å². The smallest absolute Gasteiger partial charge is 0.159 e. The van der Waals surface area contributed by atoms with Gasteiger partial charge < -0.3 is 9.30 Å². The molecule has 0 spiro atoms. The maximum atomic E-state index is 11.7. The number of aryl methyl sites for hydroxylation is 1. The van der Waals surface area contributed by atoms with E-state index in [4.69, 9.17) is 9.72 Å². The lowest BCUT2D eigenvalue weighted by molar-refractivity contribution is 0.0909. The lowest BCUT2D eigenvalue weighted by Crippen LogP contribution is -2.22. The number of hydrogen-bond donors (Lipinski definition) is 0. The van der Waals surface area contributed by atoms with Crippen molar-refractivity contribution < 1.29 is 9.53 Å². The fourth-order valence-electron chi connectivity index (χ4n) is 3.58. The van der Waals surface area contributed by atoms with Crippen LogP contribution in [0.5, 0.6) is 0 Å². The van der Waals surface area contributed by atoms with E-state index in [9.17, 15) is 4.79 Å². The standard InChI is InChI=1S/C23H28N4O2Si/c1-16-13-24-22-14-25-23-21(27(16)22)12-20(19-8-6-18(7-9-19)17(2)28)26(23)15-29-10-11-30(3,4)5/h6-9,12-14H,10-11,15H2,1-5H3. The molecule has 0 bridgehead atoms. The number of carbonyl (C=O) groups is 1. The van der Waals surface area contributed by atoms with E-state index in [1.807, 2.05) is 37.4 Å². The van der Waals surface area contributed by atoms with Crippen LogP contribution in [0.3, 0.4) is 0 Å². The zero-order valence-electron chi connectivity index (χ0n) is 18.3. The molecule has 6 nitrogen and oxygen atoms in total. The van der Waals surface area contributed by atoms with E-state index in [1.165, 1.54) is 0 Å². The predicted octanol–water partition coefficient (Wildman–Crippen LogP) is 5.17. The Morgan fingerprint density at radius 1 is 1.10 bits per heavy atom. The molecule has 0 saturated carbocycles. The minimum absolute atomic E-state index is 0.0641. The van der Waals surface area contributed by atoms with Crippen molar-refractivity contribution in [1.82, 2.24) is 18.9 Å². The number of nitrogens with zero attached hydrogens (tertiary/aromatic N) is 4. The molecule has 156 valence electrons. The Balaban J connectivity index is 1.79. The summed E-state index contributed by atoms with van der Waals surface area (Å²) >= 11 is 0. The quantitative estimate of drug-likeness (QED) is 0.235. The zero-order valence-corrected chi connectivity index (χ0v) is 19.3. The number of imidazole rings is 1. The van der Waals surface area contributed by atoms with Crippen LogP contribution in [0.4, 0.5) is 0 Å². The molecule has 30 heavy (non-hydrogen) atoms. The van der Waals surface area contributed by atoms with E-state index in [0.717, 1.165) is 46.4 Å². The third-order valence-electron chi connectivity index (χ3n) is 5.36. The van der Waals surface area contributed by atoms with Crippen LogP contribution in [0.15, 0.2) is 42.7 Å². The van der Waals surface area contributed by atoms with Gasteiger partial charge in [-0.3, -0.25) is 9.20 Å². The van der Waals surface area contributed by atoms with E-state index >= 15 is 0 Å². The van der Waals surface area contributed by atoms with Crippen molar-refractivity contribution in [3.05, 3.63) is 54.0 Å². The Kier molecular flexibility index (Phi) is 5.34. The fraction of sp³-hybridized carbons (Fsp3) is 0.348. The summed E-state index contributed by atoms with van der Waals surface area (Å²) in [5, 5.41) is 0. The number of rotatable bonds is 7. The fourth-order valence-corrected chi connectivity index (χ4v) is 4.34. The summed E-state index contributed by atoms with van der Waals surface area (Å²) in [5.74, 6) is 0.0641. The van der Waals surface area contributed by atoms with Gasteiger partial charge in [0.1, 0.15) is 6.73 Å². The molecule has 7 heteroatoms. The highest BCUT2D eigenvalue weighted by atomic mass is 28.3. The molecule has 3 heterocycles. The van der Waals surface area contributed by atoms with Gasteiger partial charge in [-0.25, -0.2) is 9.97 Å². The highest BCUT2D eigenvalue weighted by Crippen LogP contribution is 2.29. The molecule has 0 N–H and O–H groups in total. The molecular weight excluding hydrogens is 392 g/mol. The van der Waals surface area contributed by atoms with Crippen molar-refractivity contribution in [2.75, 3.05) is 6.61 Å². The number of Topliss-reactive ketones (excluding diaryl/α,β-unsaturated/α-hetero) is 1. The van der Waals surface area contributed by atoms with Gasteiger partial charge in [0.2, 0.25) is 0 Å². The number of benzene rings is 1. The zero-order chi connectivity index (χ0) is 21.5. The number of hydrogen-bond acceptors (Lipinski definition) is 4. The van der Waals surface area contributed by atoms with Gasteiger partial charge in [0.15, 0.2) is 17.1 Å². The van der Waals surface area contributed by atoms with Crippen molar-refractivity contribution in [2.45, 2.75) is 46.3 Å². The average Bonchev–Trinajstić information content (AvgIpc) is 3.25. The number of ketones is 1. The second-order valence-corrected chi connectivity index (χ2v) is 14.6. The molecule has 0 fully saturated rings. The van der Waals surface area contributed by atoms with Gasteiger partial charge in [-0.1, -0.05) is 43.9 Å².